The summed E-state index contributed by atoms with van der Waals surface area (Å²) in [5.41, 5.74) is 3.33. The fourth-order valence-electron chi connectivity index (χ4n) is 3.47. The molecule has 2 heterocycles. The second-order valence-electron chi connectivity index (χ2n) is 7.21. The molecule has 172 valence electrons. The summed E-state index contributed by atoms with van der Waals surface area (Å²) in [7, 11) is -2.16. The molecule has 0 aliphatic carbocycles. The van der Waals surface area contributed by atoms with Crippen molar-refractivity contribution in [2.75, 3.05) is 17.2 Å². The molecule has 5 nitrogen and oxygen atoms in total. The summed E-state index contributed by atoms with van der Waals surface area (Å²) < 4.78 is 36.5. The van der Waals surface area contributed by atoms with E-state index in [1.165, 1.54) is 10.3 Å². The molecule has 0 unspecified atom stereocenters. The second-order valence-corrected chi connectivity index (χ2v) is 10.9. The summed E-state index contributed by atoms with van der Waals surface area (Å²) in [6.07, 6.45) is 5.50. The van der Waals surface area contributed by atoms with Crippen molar-refractivity contribution in [3.63, 3.8) is 0 Å². The van der Waals surface area contributed by atoms with Crippen molar-refractivity contribution in [1.82, 2.24) is 0 Å². The average molecular weight is 573 g/mol. The van der Waals surface area contributed by atoms with Crippen molar-refractivity contribution in [2.24, 2.45) is 7.05 Å². The molecule has 2 radical (unpaired) electrons. The van der Waals surface area contributed by atoms with Gasteiger partial charge in [0.15, 0.2) is 0 Å². The van der Waals surface area contributed by atoms with Gasteiger partial charge < -0.3 is 9.45 Å². The van der Waals surface area contributed by atoms with Crippen LogP contribution in [0.4, 0.5) is 5.69 Å². The third-order valence-corrected chi connectivity index (χ3v) is 8.15. The minimum Gasteiger partial charge on any atom is -0.748 e. The van der Waals surface area contributed by atoms with Gasteiger partial charge in [-0.05, 0) is 29.2 Å². The molecule has 0 saturated carbocycles. The number of nitrogens with zero attached hydrogens (tertiary/aromatic N) is 2. The van der Waals surface area contributed by atoms with Crippen molar-refractivity contribution in [3.05, 3.63) is 70.2 Å². The summed E-state index contributed by atoms with van der Waals surface area (Å²) in [5.74, 6) is -0.363. The molecule has 1 aliphatic rings. The second kappa shape index (κ2) is 12.1. The minimum absolute atomic E-state index is 0. The van der Waals surface area contributed by atoms with E-state index in [9.17, 15) is 13.0 Å². The molecule has 0 atom stereocenters. The molecule has 0 saturated heterocycles. The quantitative estimate of drug-likeness (QED) is 0.237. The number of allylic oxidation sites excluding steroid dienone is 2. The Morgan fingerprint density at radius 1 is 1.21 bits per heavy atom. The van der Waals surface area contributed by atoms with Crippen LogP contribution >= 0.6 is 23.1 Å². The first-order chi connectivity index (χ1) is 14.9. The predicted octanol–water partition coefficient (Wildman–Crippen LogP) is 4.50. The molecule has 0 bridgehead atoms. The Morgan fingerprint density at radius 3 is 2.64 bits per heavy atom. The Kier molecular flexibility index (Phi) is 10.4. The van der Waals surface area contributed by atoms with E-state index in [0.717, 1.165) is 32.6 Å². The van der Waals surface area contributed by atoms with Crippen molar-refractivity contribution in [1.29, 1.82) is 0 Å². The number of thioether (sulfide) groups is 1. The topological polar surface area (TPSA) is 64.3 Å². The standard InChI is InChI=1S/C23H23N2O3S3.2V/c1-3-17(15-22-24(2)18-9-4-6-11-20(18)29-22)16-23-25(13-8-14-31(26,27)28)19-10-5-7-12-21(19)30-23;;/h6-7,9-12,15-16H,3,8,13-14H2,1-2H3,(H,26,27,28);;/q-1;;/p-1. The third-order valence-electron chi connectivity index (χ3n) is 5.09. The van der Waals surface area contributed by atoms with Crippen molar-refractivity contribution in [3.8, 4) is 0 Å². The van der Waals surface area contributed by atoms with E-state index in [0.29, 0.717) is 6.54 Å². The van der Waals surface area contributed by atoms with E-state index in [4.69, 9.17) is 0 Å². The SMILES string of the molecule is CCC(=Cc1sc2cc[c-]cc2[n+]1C)C=C1Sc2cc[c-]cc2N1CCCS(=O)(=O)[O-].[V].[V]. The number of rotatable bonds is 7. The normalized spacial score (nSPS) is 14.8. The zero-order valence-electron chi connectivity index (χ0n) is 18.2. The minimum atomic E-state index is -4.22. The Bertz CT molecular complexity index is 1290. The first kappa shape index (κ1) is 28.3. The van der Waals surface area contributed by atoms with Gasteiger partial charge in [0.25, 0.3) is 0 Å². The average Bonchev–Trinajstić information content (AvgIpc) is 3.24. The zero-order valence-corrected chi connectivity index (χ0v) is 23.4. The van der Waals surface area contributed by atoms with Crippen LogP contribution in [0.25, 0.3) is 16.3 Å². The maximum absolute atomic E-state index is 11.1. The maximum atomic E-state index is 11.1. The number of thiazole rings is 1. The molecular weight excluding hydrogens is 550 g/mol. The van der Waals surface area contributed by atoms with Crippen molar-refractivity contribution in [2.45, 2.75) is 24.7 Å². The molecule has 0 N–H and O–H groups in total. The van der Waals surface area contributed by atoms with Crippen LogP contribution in [0.5, 0.6) is 0 Å². The van der Waals surface area contributed by atoms with Crippen molar-refractivity contribution >= 4 is 55.2 Å². The van der Waals surface area contributed by atoms with Gasteiger partial charge in [0.2, 0.25) is 5.01 Å². The summed E-state index contributed by atoms with van der Waals surface area (Å²) in [4.78, 5) is 3.19. The van der Waals surface area contributed by atoms with Crippen LogP contribution in [-0.4, -0.2) is 25.3 Å². The van der Waals surface area contributed by atoms with E-state index in [2.05, 4.69) is 53.8 Å². The van der Waals surface area contributed by atoms with Gasteiger partial charge in [0.05, 0.1) is 15.1 Å². The zero-order chi connectivity index (χ0) is 22.0. The van der Waals surface area contributed by atoms with Gasteiger partial charge in [0, 0.05) is 55.5 Å². The number of hydrogen-bond donors (Lipinski definition) is 0. The van der Waals surface area contributed by atoms with E-state index >= 15 is 0 Å². The Hall–Kier alpha value is -0.961. The molecule has 3 aromatic rings. The first-order valence-corrected chi connectivity index (χ1v) is 13.2. The summed E-state index contributed by atoms with van der Waals surface area (Å²) >= 11 is 3.40. The van der Waals surface area contributed by atoms with E-state index in [1.54, 1.807) is 23.1 Å². The molecule has 1 aromatic heterocycles. The van der Waals surface area contributed by atoms with Gasteiger partial charge in [0.1, 0.15) is 12.6 Å². The fourth-order valence-corrected chi connectivity index (χ4v) is 6.21. The fraction of sp³-hybridized carbons (Fsp3) is 0.261. The molecule has 0 fully saturated rings. The summed E-state index contributed by atoms with van der Waals surface area (Å²) in [5, 5.41) is 2.18. The van der Waals surface area contributed by atoms with Crippen LogP contribution in [0.2, 0.25) is 0 Å². The molecule has 2 aromatic carbocycles. The number of fused-ring (bicyclic) bond motifs is 2. The van der Waals surface area contributed by atoms with Gasteiger partial charge in [-0.1, -0.05) is 40.6 Å². The van der Waals surface area contributed by atoms with Crippen LogP contribution in [0, 0.1) is 12.1 Å². The van der Waals surface area contributed by atoms with Crippen LogP contribution in [0.1, 0.15) is 24.8 Å². The van der Waals surface area contributed by atoms with E-state index in [1.807, 2.05) is 30.3 Å². The first-order valence-electron chi connectivity index (χ1n) is 9.95. The molecule has 33 heavy (non-hydrogen) atoms. The molecular formula is C23H22N2O3S3V2-2. The largest absolute Gasteiger partial charge is 0.748 e. The summed E-state index contributed by atoms with van der Waals surface area (Å²) in [6, 6.07) is 18.0. The number of aryl methyl sites for hydroxylation is 1. The number of benzene rings is 2. The predicted molar refractivity (Wildman–Crippen MR) is 126 cm³/mol. The third kappa shape index (κ3) is 6.80. The molecule has 4 rings (SSSR count). The van der Waals surface area contributed by atoms with E-state index < -0.39 is 10.1 Å². The molecule has 10 heteroatoms. The van der Waals surface area contributed by atoms with Crippen LogP contribution < -0.4 is 9.47 Å². The molecule has 0 spiro atoms. The van der Waals surface area contributed by atoms with Gasteiger partial charge in [-0.2, -0.15) is 36.4 Å². The summed E-state index contributed by atoms with van der Waals surface area (Å²) in [6.45, 7) is 2.59. The number of aromatic nitrogens is 1. The van der Waals surface area contributed by atoms with Crippen molar-refractivity contribution < 1.29 is 54.6 Å². The van der Waals surface area contributed by atoms with Gasteiger partial charge >= 0.3 is 0 Å². The Balaban J connectivity index is 0.00000193. The number of hydrogen-bond acceptors (Lipinski definition) is 6. The van der Waals surface area contributed by atoms with Gasteiger partial charge in [-0.25, -0.2) is 13.0 Å². The van der Waals surface area contributed by atoms with Crippen LogP contribution in [0.3, 0.4) is 0 Å². The van der Waals surface area contributed by atoms with E-state index in [-0.39, 0.29) is 49.3 Å². The smallest absolute Gasteiger partial charge is 0.249 e. The molecule has 1 aliphatic heterocycles. The monoisotopic (exact) mass is 572 g/mol. The van der Waals surface area contributed by atoms with Crippen LogP contribution in [-0.2, 0) is 54.3 Å². The Morgan fingerprint density at radius 2 is 1.94 bits per heavy atom. The maximum Gasteiger partial charge on any atom is 0.249 e. The Labute approximate surface area is 227 Å². The number of anilines is 1. The molecule has 0 amide bonds. The van der Waals surface area contributed by atoms with Gasteiger partial charge in [-0.15, -0.1) is 12.1 Å². The van der Waals surface area contributed by atoms with Crippen LogP contribution in [0.15, 0.2) is 58.0 Å². The van der Waals surface area contributed by atoms with Gasteiger partial charge in [-0.3, -0.25) is 0 Å².